The lowest BCUT2D eigenvalue weighted by Crippen LogP contribution is -2.51. The van der Waals surface area contributed by atoms with Gasteiger partial charge in [0.1, 0.15) is 11.6 Å². The first-order chi connectivity index (χ1) is 11.9. The molecule has 9 heteroatoms. The standard InChI is InChI=1S/C16H23F2N3O3S/c1-2-3-7-19-15(22)12-20-8-10-21(11-9-20)25(23,24)16-13(17)5-4-6-14(16)18/h4-6H,2-3,7-12H2,1H3,(H,19,22). The van der Waals surface area contributed by atoms with Crippen molar-refractivity contribution in [3.63, 3.8) is 0 Å². The van der Waals surface area contributed by atoms with Gasteiger partial charge in [-0.1, -0.05) is 19.4 Å². The maximum Gasteiger partial charge on any atom is 0.249 e. The van der Waals surface area contributed by atoms with Crippen LogP contribution in [-0.2, 0) is 14.8 Å². The van der Waals surface area contributed by atoms with Gasteiger partial charge in [-0.15, -0.1) is 0 Å². The number of halogens is 2. The summed E-state index contributed by atoms with van der Waals surface area (Å²) in [5.74, 6) is -2.31. The lowest BCUT2D eigenvalue weighted by Gasteiger charge is -2.33. The maximum atomic E-state index is 13.8. The number of nitrogens with one attached hydrogen (secondary N) is 1. The van der Waals surface area contributed by atoms with Gasteiger partial charge in [-0.25, -0.2) is 17.2 Å². The Morgan fingerprint density at radius 1 is 1.16 bits per heavy atom. The second-order valence-electron chi connectivity index (χ2n) is 5.93. The van der Waals surface area contributed by atoms with Crippen molar-refractivity contribution >= 4 is 15.9 Å². The number of nitrogens with zero attached hydrogens (tertiary/aromatic N) is 2. The molecule has 1 fully saturated rings. The molecule has 1 N–H and O–H groups in total. The van der Waals surface area contributed by atoms with Crippen LogP contribution < -0.4 is 5.32 Å². The van der Waals surface area contributed by atoms with Gasteiger partial charge < -0.3 is 5.32 Å². The molecular formula is C16H23F2N3O3S. The number of benzene rings is 1. The number of amides is 1. The van der Waals surface area contributed by atoms with Gasteiger partial charge in [-0.05, 0) is 18.6 Å². The smallest absolute Gasteiger partial charge is 0.249 e. The molecule has 1 aromatic carbocycles. The summed E-state index contributed by atoms with van der Waals surface area (Å²) in [4.78, 5) is 12.7. The minimum atomic E-state index is -4.24. The molecule has 1 aliphatic rings. The van der Waals surface area contributed by atoms with Gasteiger partial charge in [-0.2, -0.15) is 4.31 Å². The van der Waals surface area contributed by atoms with Crippen LogP contribution in [0, 0.1) is 11.6 Å². The largest absolute Gasteiger partial charge is 0.355 e. The number of carbonyl (C=O) groups is 1. The van der Waals surface area contributed by atoms with Crippen LogP contribution in [0.1, 0.15) is 19.8 Å². The minimum Gasteiger partial charge on any atom is -0.355 e. The van der Waals surface area contributed by atoms with Crippen LogP contribution in [0.4, 0.5) is 8.78 Å². The van der Waals surface area contributed by atoms with E-state index in [1.165, 1.54) is 0 Å². The zero-order valence-electron chi connectivity index (χ0n) is 14.2. The molecule has 0 aliphatic carbocycles. The molecule has 0 aromatic heterocycles. The van der Waals surface area contributed by atoms with Crippen LogP contribution in [0.5, 0.6) is 0 Å². The molecule has 140 valence electrons. The second kappa shape index (κ2) is 8.68. The van der Waals surface area contributed by atoms with Gasteiger partial charge in [0.2, 0.25) is 15.9 Å². The van der Waals surface area contributed by atoms with Crippen LogP contribution in [0.3, 0.4) is 0 Å². The Hall–Kier alpha value is -1.58. The fourth-order valence-electron chi connectivity index (χ4n) is 2.65. The summed E-state index contributed by atoms with van der Waals surface area (Å²) < 4.78 is 53.6. The van der Waals surface area contributed by atoms with Crippen LogP contribution in [0.15, 0.2) is 23.1 Å². The monoisotopic (exact) mass is 375 g/mol. The molecule has 0 bridgehead atoms. The first-order valence-corrected chi connectivity index (χ1v) is 9.73. The Morgan fingerprint density at radius 2 is 1.76 bits per heavy atom. The van der Waals surface area contributed by atoms with Crippen LogP contribution >= 0.6 is 0 Å². The number of hydrogen-bond donors (Lipinski definition) is 1. The fraction of sp³-hybridized carbons (Fsp3) is 0.562. The van der Waals surface area contributed by atoms with E-state index in [1.807, 2.05) is 11.8 Å². The van der Waals surface area contributed by atoms with Crippen LogP contribution in [0.2, 0.25) is 0 Å². The van der Waals surface area contributed by atoms with Gasteiger partial charge in [0.15, 0.2) is 4.90 Å². The van der Waals surface area contributed by atoms with Crippen molar-refractivity contribution in [2.24, 2.45) is 0 Å². The van der Waals surface area contributed by atoms with E-state index in [0.29, 0.717) is 19.6 Å². The van der Waals surface area contributed by atoms with E-state index >= 15 is 0 Å². The van der Waals surface area contributed by atoms with Crippen molar-refractivity contribution < 1.29 is 22.0 Å². The second-order valence-corrected chi connectivity index (χ2v) is 7.81. The molecule has 0 saturated carbocycles. The molecule has 1 saturated heterocycles. The SMILES string of the molecule is CCCCNC(=O)CN1CCN(S(=O)(=O)c2c(F)cccc2F)CC1. The number of piperazine rings is 1. The molecule has 0 spiro atoms. The van der Waals surface area contributed by atoms with Crippen molar-refractivity contribution in [3.05, 3.63) is 29.8 Å². The molecular weight excluding hydrogens is 352 g/mol. The molecule has 25 heavy (non-hydrogen) atoms. The third-order valence-corrected chi connectivity index (χ3v) is 6.02. The third kappa shape index (κ3) is 4.96. The number of hydrogen-bond acceptors (Lipinski definition) is 4. The predicted octanol–water partition coefficient (Wildman–Crippen LogP) is 1.19. The first-order valence-electron chi connectivity index (χ1n) is 8.29. The molecule has 1 aliphatic heterocycles. The van der Waals surface area contributed by atoms with Crippen molar-refractivity contribution in [2.45, 2.75) is 24.7 Å². The zero-order valence-corrected chi connectivity index (χ0v) is 15.0. The summed E-state index contributed by atoms with van der Waals surface area (Å²) >= 11 is 0. The molecule has 1 amide bonds. The highest BCUT2D eigenvalue weighted by atomic mass is 32.2. The molecule has 0 atom stereocenters. The summed E-state index contributed by atoms with van der Waals surface area (Å²) in [5, 5.41) is 2.80. The highest BCUT2D eigenvalue weighted by molar-refractivity contribution is 7.89. The van der Waals surface area contributed by atoms with E-state index in [0.717, 1.165) is 35.3 Å². The normalized spacial score (nSPS) is 16.8. The highest BCUT2D eigenvalue weighted by Gasteiger charge is 2.33. The third-order valence-electron chi connectivity index (χ3n) is 4.07. The molecule has 1 aromatic rings. The Morgan fingerprint density at radius 3 is 2.32 bits per heavy atom. The highest BCUT2D eigenvalue weighted by Crippen LogP contribution is 2.23. The first kappa shape index (κ1) is 19.7. The maximum absolute atomic E-state index is 13.8. The summed E-state index contributed by atoms with van der Waals surface area (Å²) in [7, 11) is -4.24. The molecule has 0 unspecified atom stereocenters. The van der Waals surface area contributed by atoms with Gasteiger partial charge in [0.25, 0.3) is 0 Å². The summed E-state index contributed by atoms with van der Waals surface area (Å²) in [6, 6.07) is 2.97. The number of unbranched alkanes of at least 4 members (excludes halogenated alkanes) is 1. The molecule has 2 rings (SSSR count). The van der Waals surface area contributed by atoms with Gasteiger partial charge >= 0.3 is 0 Å². The van der Waals surface area contributed by atoms with Crippen molar-refractivity contribution in [3.8, 4) is 0 Å². The Labute approximate surface area is 146 Å². The minimum absolute atomic E-state index is 0.0817. The topological polar surface area (TPSA) is 69.7 Å². The van der Waals surface area contributed by atoms with Crippen LogP contribution in [-0.4, -0.2) is 62.8 Å². The van der Waals surface area contributed by atoms with E-state index in [2.05, 4.69) is 5.32 Å². The number of rotatable bonds is 7. The molecule has 0 radical (unpaired) electrons. The van der Waals surface area contributed by atoms with Gasteiger partial charge in [0, 0.05) is 32.7 Å². The van der Waals surface area contributed by atoms with Gasteiger partial charge in [-0.3, -0.25) is 9.69 Å². The van der Waals surface area contributed by atoms with E-state index in [-0.39, 0.29) is 25.5 Å². The van der Waals surface area contributed by atoms with E-state index in [1.54, 1.807) is 0 Å². The van der Waals surface area contributed by atoms with Crippen molar-refractivity contribution in [1.82, 2.24) is 14.5 Å². The average Bonchev–Trinajstić information content (AvgIpc) is 2.55. The number of carbonyl (C=O) groups excluding carboxylic acids is 1. The lowest BCUT2D eigenvalue weighted by atomic mass is 10.3. The fourth-order valence-corrected chi connectivity index (χ4v) is 4.18. The summed E-state index contributed by atoms with van der Waals surface area (Å²) in [6.45, 7) is 3.66. The summed E-state index contributed by atoms with van der Waals surface area (Å²) in [6.07, 6.45) is 1.90. The summed E-state index contributed by atoms with van der Waals surface area (Å²) in [5.41, 5.74) is 0. The zero-order chi connectivity index (χ0) is 18.4. The molecule has 6 nitrogen and oxygen atoms in total. The van der Waals surface area contributed by atoms with Gasteiger partial charge in [0.05, 0.1) is 6.54 Å². The predicted molar refractivity (Wildman–Crippen MR) is 89.5 cm³/mol. The quantitative estimate of drug-likeness (QED) is 0.727. The van der Waals surface area contributed by atoms with E-state index < -0.39 is 26.6 Å². The Bertz CT molecular complexity index is 684. The van der Waals surface area contributed by atoms with E-state index in [9.17, 15) is 22.0 Å². The lowest BCUT2D eigenvalue weighted by molar-refractivity contribution is -0.122. The molecule has 1 heterocycles. The Kier molecular flexibility index (Phi) is 6.86. The average molecular weight is 375 g/mol. The Balaban J connectivity index is 1.94. The van der Waals surface area contributed by atoms with Crippen molar-refractivity contribution in [2.75, 3.05) is 39.3 Å². The van der Waals surface area contributed by atoms with Crippen LogP contribution in [0.25, 0.3) is 0 Å². The number of sulfonamides is 1. The van der Waals surface area contributed by atoms with E-state index in [4.69, 9.17) is 0 Å². The van der Waals surface area contributed by atoms with Crippen molar-refractivity contribution in [1.29, 1.82) is 0 Å².